The number of nitro groups is 1. The number of pyridine rings is 1. The summed E-state index contributed by atoms with van der Waals surface area (Å²) in [5.41, 5.74) is 2.10. The van der Waals surface area contributed by atoms with E-state index in [0.717, 1.165) is 5.69 Å². The molecule has 0 radical (unpaired) electrons. The highest BCUT2D eigenvalue weighted by molar-refractivity contribution is 7.80. The van der Waals surface area contributed by atoms with E-state index >= 15 is 0 Å². The summed E-state index contributed by atoms with van der Waals surface area (Å²) in [6, 6.07) is 19.7. The zero-order valence-corrected chi connectivity index (χ0v) is 22.1. The van der Waals surface area contributed by atoms with Gasteiger partial charge in [0.1, 0.15) is 24.2 Å². The second-order valence-electron chi connectivity index (χ2n) is 8.62. The molecular formula is C27H22ClN5O5S. The lowest BCUT2D eigenvalue weighted by Crippen LogP contribution is -2.29. The van der Waals surface area contributed by atoms with E-state index in [4.69, 9.17) is 33.0 Å². The summed E-state index contributed by atoms with van der Waals surface area (Å²) in [5, 5.41) is 18.4. The van der Waals surface area contributed by atoms with Gasteiger partial charge < -0.3 is 24.7 Å². The van der Waals surface area contributed by atoms with Gasteiger partial charge in [0.05, 0.1) is 32.9 Å². The predicted octanol–water partition coefficient (Wildman–Crippen LogP) is 5.67. The number of nitrogens with one attached hydrogen (secondary N) is 2. The van der Waals surface area contributed by atoms with Gasteiger partial charge >= 0.3 is 0 Å². The Morgan fingerprint density at radius 1 is 1.21 bits per heavy atom. The third kappa shape index (κ3) is 5.32. The van der Waals surface area contributed by atoms with Crippen LogP contribution >= 0.6 is 23.8 Å². The molecule has 2 N–H and O–H groups in total. The van der Waals surface area contributed by atoms with Gasteiger partial charge in [-0.05, 0) is 60.7 Å². The molecule has 2 aromatic heterocycles. The normalized spacial score (nSPS) is 16.7. The summed E-state index contributed by atoms with van der Waals surface area (Å²) in [7, 11) is 1.43. The van der Waals surface area contributed by atoms with Crippen LogP contribution < -0.4 is 15.5 Å². The van der Waals surface area contributed by atoms with Crippen molar-refractivity contribution in [3.05, 3.63) is 106 Å². The molecule has 2 aromatic carbocycles. The minimum absolute atomic E-state index is 0.0607. The van der Waals surface area contributed by atoms with Crippen molar-refractivity contribution in [1.82, 2.24) is 10.3 Å². The molecule has 1 fully saturated rings. The minimum atomic E-state index is -0.506. The molecule has 1 amide bonds. The lowest BCUT2D eigenvalue weighted by Gasteiger charge is -2.26. The van der Waals surface area contributed by atoms with Crippen LogP contribution in [0.15, 0.2) is 83.4 Å². The topological polar surface area (TPSA) is 123 Å². The molecule has 5 rings (SSSR count). The van der Waals surface area contributed by atoms with Crippen LogP contribution in [0.5, 0.6) is 0 Å². The van der Waals surface area contributed by atoms with E-state index in [1.54, 1.807) is 54.7 Å². The quantitative estimate of drug-likeness (QED) is 0.159. The van der Waals surface area contributed by atoms with Crippen molar-refractivity contribution in [1.29, 1.82) is 0 Å². The number of carbonyl (C=O) groups is 1. The van der Waals surface area contributed by atoms with Crippen molar-refractivity contribution in [2.75, 3.05) is 23.9 Å². The number of amides is 1. The number of thiocarbonyl (C=S) groups is 1. The van der Waals surface area contributed by atoms with E-state index in [1.165, 1.54) is 13.2 Å². The Kier molecular flexibility index (Phi) is 7.55. The standard InChI is InChI=1S/C27H22ClN5O5S/c1-37-15-24(34)30-19-10-9-16(14-18(19)28)32-26(25(31-27(32)39)20-7-4-5-13-29-20)23-12-11-22(38-23)17-6-2-3-8-21(17)33(35)36/h2-14,25-26H,15H2,1H3,(H,30,34)(H,31,39)/t25-,26+/m0/s1. The summed E-state index contributed by atoms with van der Waals surface area (Å²) < 4.78 is 11.1. The monoisotopic (exact) mass is 563 g/mol. The van der Waals surface area contributed by atoms with Crippen LogP contribution in [0.25, 0.3) is 11.3 Å². The molecule has 198 valence electrons. The Morgan fingerprint density at radius 2 is 2.00 bits per heavy atom. The summed E-state index contributed by atoms with van der Waals surface area (Å²) in [6.07, 6.45) is 1.69. The fourth-order valence-corrected chi connectivity index (χ4v) is 5.06. The smallest absolute Gasteiger partial charge is 0.280 e. The van der Waals surface area contributed by atoms with Crippen molar-refractivity contribution in [3.8, 4) is 11.3 Å². The molecular weight excluding hydrogens is 542 g/mol. The van der Waals surface area contributed by atoms with E-state index in [2.05, 4.69) is 15.6 Å². The van der Waals surface area contributed by atoms with Gasteiger partial charge in [0.2, 0.25) is 5.91 Å². The average molecular weight is 564 g/mol. The fraction of sp³-hybridized carbons (Fsp3) is 0.148. The zero-order valence-electron chi connectivity index (χ0n) is 20.5. The second-order valence-corrected chi connectivity index (χ2v) is 9.41. The number of benzene rings is 2. The van der Waals surface area contributed by atoms with Crippen LogP contribution in [0, 0.1) is 10.1 Å². The number of rotatable bonds is 8. The highest BCUT2D eigenvalue weighted by Gasteiger charge is 2.43. The van der Waals surface area contributed by atoms with Crippen molar-refractivity contribution in [2.45, 2.75) is 12.1 Å². The molecule has 0 unspecified atom stereocenters. The lowest BCUT2D eigenvalue weighted by molar-refractivity contribution is -0.384. The van der Waals surface area contributed by atoms with Crippen LogP contribution in [0.2, 0.25) is 5.02 Å². The zero-order chi connectivity index (χ0) is 27.5. The molecule has 2 atom stereocenters. The Labute approximate surface area is 233 Å². The number of furan rings is 1. The Morgan fingerprint density at radius 3 is 2.72 bits per heavy atom. The Bertz CT molecular complexity index is 1550. The highest BCUT2D eigenvalue weighted by atomic mass is 35.5. The molecule has 4 aromatic rings. The maximum Gasteiger partial charge on any atom is 0.280 e. The SMILES string of the molecule is COCC(=O)Nc1ccc(N2C(=S)N[C@@H](c3ccccn3)[C@H]2c2ccc(-c3ccccc3[N+](=O)[O-])o2)cc1Cl. The molecule has 12 heteroatoms. The Balaban J connectivity index is 1.56. The number of para-hydroxylation sites is 1. The summed E-state index contributed by atoms with van der Waals surface area (Å²) in [5.74, 6) is 0.528. The van der Waals surface area contributed by atoms with Gasteiger partial charge in [-0.2, -0.15) is 0 Å². The number of aromatic nitrogens is 1. The first-order chi connectivity index (χ1) is 18.9. The highest BCUT2D eigenvalue weighted by Crippen LogP contribution is 2.44. The number of carbonyl (C=O) groups excluding carboxylic acids is 1. The third-order valence-corrected chi connectivity index (χ3v) is 6.79. The number of ether oxygens (including phenoxy) is 1. The van der Waals surface area contributed by atoms with Gasteiger partial charge in [-0.25, -0.2) is 0 Å². The fourth-order valence-electron chi connectivity index (χ4n) is 4.49. The van der Waals surface area contributed by atoms with Crippen molar-refractivity contribution < 1.29 is 18.9 Å². The summed E-state index contributed by atoms with van der Waals surface area (Å²) >= 11 is 12.3. The summed E-state index contributed by atoms with van der Waals surface area (Å²) in [4.78, 5) is 29.5. The average Bonchev–Trinajstić information content (AvgIpc) is 3.55. The first-order valence-electron chi connectivity index (χ1n) is 11.8. The van der Waals surface area contributed by atoms with E-state index < -0.39 is 17.0 Å². The molecule has 0 spiro atoms. The summed E-state index contributed by atoms with van der Waals surface area (Å²) in [6.45, 7) is -0.105. The van der Waals surface area contributed by atoms with Crippen LogP contribution in [-0.2, 0) is 9.53 Å². The molecule has 3 heterocycles. The molecule has 1 aliphatic heterocycles. The van der Waals surface area contributed by atoms with Gasteiger partial charge in [-0.15, -0.1) is 0 Å². The minimum Gasteiger partial charge on any atom is -0.459 e. The van der Waals surface area contributed by atoms with Gasteiger partial charge in [0.25, 0.3) is 5.69 Å². The number of anilines is 2. The van der Waals surface area contributed by atoms with Gasteiger partial charge in [-0.1, -0.05) is 29.8 Å². The number of hydrogen-bond acceptors (Lipinski definition) is 7. The molecule has 10 nitrogen and oxygen atoms in total. The maximum atomic E-state index is 12.0. The number of nitro benzene ring substituents is 1. The molecule has 1 saturated heterocycles. The van der Waals surface area contributed by atoms with Crippen LogP contribution in [0.1, 0.15) is 23.5 Å². The van der Waals surface area contributed by atoms with Crippen molar-refractivity contribution in [2.24, 2.45) is 0 Å². The predicted molar refractivity (Wildman–Crippen MR) is 151 cm³/mol. The maximum absolute atomic E-state index is 12.0. The van der Waals surface area contributed by atoms with E-state index in [1.807, 2.05) is 23.1 Å². The first-order valence-corrected chi connectivity index (χ1v) is 12.6. The molecule has 39 heavy (non-hydrogen) atoms. The van der Waals surface area contributed by atoms with Crippen molar-refractivity contribution >= 4 is 51.9 Å². The lowest BCUT2D eigenvalue weighted by atomic mass is 10.0. The van der Waals surface area contributed by atoms with E-state index in [-0.39, 0.29) is 18.2 Å². The van der Waals surface area contributed by atoms with Gasteiger partial charge in [-0.3, -0.25) is 19.9 Å². The molecule has 0 saturated carbocycles. The molecule has 0 aliphatic carbocycles. The number of halogens is 1. The Hall–Kier alpha value is -4.32. The molecule has 0 bridgehead atoms. The van der Waals surface area contributed by atoms with Crippen LogP contribution in [0.3, 0.4) is 0 Å². The molecule has 1 aliphatic rings. The second kappa shape index (κ2) is 11.2. The van der Waals surface area contributed by atoms with E-state index in [9.17, 15) is 14.9 Å². The first kappa shape index (κ1) is 26.3. The number of hydrogen-bond donors (Lipinski definition) is 2. The number of methoxy groups -OCH3 is 1. The largest absolute Gasteiger partial charge is 0.459 e. The van der Waals surface area contributed by atoms with Crippen LogP contribution in [0.4, 0.5) is 17.1 Å². The van der Waals surface area contributed by atoms with Crippen molar-refractivity contribution in [3.63, 3.8) is 0 Å². The number of nitrogens with zero attached hydrogens (tertiary/aromatic N) is 3. The van der Waals surface area contributed by atoms with Gasteiger partial charge in [0.15, 0.2) is 5.11 Å². The van der Waals surface area contributed by atoms with Gasteiger partial charge in [0, 0.05) is 25.1 Å². The van der Waals surface area contributed by atoms with E-state index in [0.29, 0.717) is 38.6 Å². The third-order valence-electron chi connectivity index (χ3n) is 6.16. The van der Waals surface area contributed by atoms with Crippen LogP contribution in [-0.4, -0.2) is 34.6 Å².